The zero-order valence-electron chi connectivity index (χ0n) is 8.40. The number of esters is 1. The molecule has 0 aromatic carbocycles. The fourth-order valence-corrected chi connectivity index (χ4v) is 1.28. The molecule has 0 aliphatic heterocycles. The van der Waals surface area contributed by atoms with Crippen molar-refractivity contribution in [1.29, 1.82) is 0 Å². The molecule has 5 heteroatoms. The van der Waals surface area contributed by atoms with Crippen molar-refractivity contribution >= 4 is 21.9 Å². The Balaban J connectivity index is 2.46. The van der Waals surface area contributed by atoms with Crippen molar-refractivity contribution in [3.05, 3.63) is 30.0 Å². The number of carbonyl (C=O) groups is 1. The van der Waals surface area contributed by atoms with Crippen LogP contribution in [0, 0.1) is 0 Å². The molecule has 82 valence electrons. The van der Waals surface area contributed by atoms with Crippen molar-refractivity contribution in [1.82, 2.24) is 4.98 Å². The number of ether oxygens (including phenoxy) is 1. The molecule has 0 aliphatic carbocycles. The molecule has 0 saturated heterocycles. The minimum atomic E-state index is -0.471. The molecular weight excluding hydrogens is 262 g/mol. The zero-order valence-corrected chi connectivity index (χ0v) is 9.99. The molecule has 0 N–H and O–H groups in total. The van der Waals surface area contributed by atoms with Crippen LogP contribution in [0.15, 0.2) is 22.8 Å². The van der Waals surface area contributed by atoms with Gasteiger partial charge in [0.25, 0.3) is 0 Å². The number of hydrogen-bond acceptors (Lipinski definition) is 4. The first-order valence-corrected chi connectivity index (χ1v) is 5.63. The Morgan fingerprint density at radius 2 is 2.47 bits per heavy atom. The smallest absolute Gasteiger partial charge is 0.360 e. The Labute approximate surface area is 96.5 Å². The number of methoxy groups -OCH3 is 1. The zero-order chi connectivity index (χ0) is 11.1. The van der Waals surface area contributed by atoms with Gasteiger partial charge in [0.05, 0.1) is 7.11 Å². The summed E-state index contributed by atoms with van der Waals surface area (Å²) in [5.74, 6) is 0.0793. The highest BCUT2D eigenvalue weighted by molar-refractivity contribution is 9.09. The van der Waals surface area contributed by atoms with Crippen LogP contribution in [0.25, 0.3) is 0 Å². The molecule has 0 atom stereocenters. The van der Waals surface area contributed by atoms with E-state index in [9.17, 15) is 4.79 Å². The van der Waals surface area contributed by atoms with Crippen LogP contribution in [-0.4, -0.2) is 23.4 Å². The summed E-state index contributed by atoms with van der Waals surface area (Å²) < 4.78 is 9.62. The number of hydrogen-bond donors (Lipinski definition) is 0. The van der Waals surface area contributed by atoms with E-state index in [2.05, 4.69) is 25.7 Å². The van der Waals surface area contributed by atoms with Crippen molar-refractivity contribution in [3.63, 3.8) is 0 Å². The summed E-state index contributed by atoms with van der Waals surface area (Å²) in [4.78, 5) is 15.0. The van der Waals surface area contributed by atoms with Gasteiger partial charge in [-0.2, -0.15) is 0 Å². The molecule has 0 spiro atoms. The van der Waals surface area contributed by atoms with Crippen LogP contribution in [-0.2, 0) is 11.2 Å². The van der Waals surface area contributed by atoms with Crippen molar-refractivity contribution < 1.29 is 13.9 Å². The van der Waals surface area contributed by atoms with E-state index in [4.69, 9.17) is 4.42 Å². The number of carbonyl (C=O) groups excluding carboxylic acids is 1. The summed E-state index contributed by atoms with van der Waals surface area (Å²) in [5.41, 5.74) is 0.219. The molecule has 0 unspecified atom stereocenters. The van der Waals surface area contributed by atoms with Gasteiger partial charge in [0, 0.05) is 11.8 Å². The predicted molar refractivity (Wildman–Crippen MR) is 59.1 cm³/mol. The van der Waals surface area contributed by atoms with Gasteiger partial charge in [0.1, 0.15) is 6.26 Å². The van der Waals surface area contributed by atoms with Gasteiger partial charge in [-0.25, -0.2) is 9.78 Å². The van der Waals surface area contributed by atoms with E-state index >= 15 is 0 Å². The second-order valence-electron chi connectivity index (χ2n) is 2.78. The summed E-state index contributed by atoms with van der Waals surface area (Å²) >= 11 is 3.28. The lowest BCUT2D eigenvalue weighted by atomic mass is 10.3. The molecule has 15 heavy (non-hydrogen) atoms. The largest absolute Gasteiger partial charge is 0.464 e. The van der Waals surface area contributed by atoms with Crippen LogP contribution in [0.3, 0.4) is 0 Å². The number of allylic oxidation sites excluding steroid dienone is 2. The molecule has 0 radical (unpaired) electrons. The first-order chi connectivity index (χ1) is 7.27. The second kappa shape index (κ2) is 6.40. The predicted octanol–water partition coefficient (Wildman–Crippen LogP) is 2.34. The Kier molecular flexibility index (Phi) is 5.10. The highest BCUT2D eigenvalue weighted by atomic mass is 79.9. The van der Waals surface area contributed by atoms with E-state index < -0.39 is 5.97 Å². The van der Waals surface area contributed by atoms with Crippen LogP contribution in [0.1, 0.15) is 22.8 Å². The minimum Gasteiger partial charge on any atom is -0.464 e. The molecule has 0 amide bonds. The number of oxazole rings is 1. The number of aryl methyl sites for hydroxylation is 1. The van der Waals surface area contributed by atoms with Crippen molar-refractivity contribution in [2.45, 2.75) is 12.8 Å². The van der Waals surface area contributed by atoms with E-state index in [0.29, 0.717) is 12.3 Å². The van der Waals surface area contributed by atoms with E-state index in [1.54, 1.807) is 0 Å². The second-order valence-corrected chi connectivity index (χ2v) is 3.43. The fourth-order valence-electron chi connectivity index (χ4n) is 1.01. The van der Waals surface area contributed by atoms with Gasteiger partial charge in [-0.15, -0.1) is 0 Å². The molecule has 1 heterocycles. The molecule has 0 bridgehead atoms. The molecule has 1 aromatic heterocycles. The van der Waals surface area contributed by atoms with Gasteiger partial charge in [0.2, 0.25) is 0 Å². The summed E-state index contributed by atoms with van der Waals surface area (Å²) in [5, 5.41) is 0.839. The minimum absolute atomic E-state index is 0.219. The fraction of sp³-hybridized carbons (Fsp3) is 0.400. The van der Waals surface area contributed by atoms with Crippen LogP contribution in [0.4, 0.5) is 0 Å². The average Bonchev–Trinajstić information content (AvgIpc) is 2.72. The normalized spacial score (nSPS) is 10.8. The number of aromatic nitrogens is 1. The third-order valence-corrected chi connectivity index (χ3v) is 2.10. The summed E-state index contributed by atoms with van der Waals surface area (Å²) in [6.45, 7) is 0. The molecule has 1 aromatic rings. The van der Waals surface area contributed by atoms with Gasteiger partial charge < -0.3 is 9.15 Å². The molecular formula is C10H12BrNO3. The monoisotopic (exact) mass is 273 g/mol. The topological polar surface area (TPSA) is 52.3 Å². The van der Waals surface area contributed by atoms with Crippen LogP contribution >= 0.6 is 15.9 Å². The van der Waals surface area contributed by atoms with Crippen LogP contribution in [0.5, 0.6) is 0 Å². The summed E-state index contributed by atoms with van der Waals surface area (Å²) in [6.07, 6.45) is 6.86. The third kappa shape index (κ3) is 3.87. The molecule has 0 saturated carbocycles. The lowest BCUT2D eigenvalue weighted by Crippen LogP contribution is -2.01. The average molecular weight is 274 g/mol. The van der Waals surface area contributed by atoms with Gasteiger partial charge in [-0.05, 0) is 6.42 Å². The summed E-state index contributed by atoms with van der Waals surface area (Å²) in [6, 6.07) is 0. The SMILES string of the molecule is COC(=O)c1coc(CC/C=C/CBr)n1. The third-order valence-electron chi connectivity index (χ3n) is 1.73. The van der Waals surface area contributed by atoms with E-state index in [-0.39, 0.29) is 5.69 Å². The Bertz CT molecular complexity index is 346. The lowest BCUT2D eigenvalue weighted by molar-refractivity contribution is 0.0594. The van der Waals surface area contributed by atoms with E-state index in [1.807, 2.05) is 12.2 Å². The van der Waals surface area contributed by atoms with E-state index in [1.165, 1.54) is 13.4 Å². The number of rotatable bonds is 5. The maximum atomic E-state index is 11.0. The van der Waals surface area contributed by atoms with Gasteiger partial charge >= 0.3 is 5.97 Å². The van der Waals surface area contributed by atoms with Crippen molar-refractivity contribution in [2.75, 3.05) is 12.4 Å². The van der Waals surface area contributed by atoms with Gasteiger partial charge in [0.15, 0.2) is 11.6 Å². The van der Waals surface area contributed by atoms with Crippen LogP contribution in [0.2, 0.25) is 0 Å². The Morgan fingerprint density at radius 3 is 3.13 bits per heavy atom. The molecule has 1 rings (SSSR count). The van der Waals surface area contributed by atoms with Gasteiger partial charge in [-0.1, -0.05) is 28.1 Å². The van der Waals surface area contributed by atoms with Gasteiger partial charge in [-0.3, -0.25) is 0 Å². The molecule has 0 aliphatic rings. The Morgan fingerprint density at radius 1 is 1.67 bits per heavy atom. The molecule has 4 nitrogen and oxygen atoms in total. The number of halogens is 1. The first-order valence-electron chi connectivity index (χ1n) is 4.51. The van der Waals surface area contributed by atoms with E-state index in [0.717, 1.165) is 11.8 Å². The highest BCUT2D eigenvalue weighted by Crippen LogP contribution is 2.06. The Hall–Kier alpha value is -1.10. The standard InChI is InChI=1S/C10H12BrNO3/c1-14-10(13)8-7-15-9(12-8)5-3-2-4-6-11/h2,4,7H,3,5-6H2,1H3/b4-2+. The van der Waals surface area contributed by atoms with Crippen LogP contribution < -0.4 is 0 Å². The highest BCUT2D eigenvalue weighted by Gasteiger charge is 2.11. The summed E-state index contributed by atoms with van der Waals surface area (Å²) in [7, 11) is 1.31. The number of nitrogens with zero attached hydrogens (tertiary/aromatic N) is 1. The lowest BCUT2D eigenvalue weighted by Gasteiger charge is -1.90. The van der Waals surface area contributed by atoms with Crippen molar-refractivity contribution in [3.8, 4) is 0 Å². The first kappa shape index (κ1) is 12.0. The van der Waals surface area contributed by atoms with Crippen molar-refractivity contribution in [2.24, 2.45) is 0 Å². The maximum Gasteiger partial charge on any atom is 0.360 e. The number of alkyl halides is 1. The molecule has 0 fully saturated rings. The maximum absolute atomic E-state index is 11.0. The quantitative estimate of drug-likeness (QED) is 0.470.